The van der Waals surface area contributed by atoms with E-state index < -0.39 is 4.92 Å². The van der Waals surface area contributed by atoms with Gasteiger partial charge in [-0.1, -0.05) is 25.1 Å². The summed E-state index contributed by atoms with van der Waals surface area (Å²) in [5.41, 5.74) is 0.614. The molecule has 0 fully saturated rings. The molecule has 2 rings (SSSR count). The maximum atomic E-state index is 11.3. The molecule has 0 aliphatic carbocycles. The van der Waals surface area contributed by atoms with Gasteiger partial charge in [0.05, 0.1) is 4.92 Å². The van der Waals surface area contributed by atoms with Crippen molar-refractivity contribution in [1.29, 1.82) is 0 Å². The molecule has 0 saturated heterocycles. The van der Waals surface area contributed by atoms with Crippen LogP contribution in [-0.2, 0) is 0 Å². The third-order valence-corrected chi connectivity index (χ3v) is 2.81. The molecule has 110 valence electrons. The summed E-state index contributed by atoms with van der Waals surface area (Å²) in [4.78, 5) is 18.6. The molecule has 7 nitrogen and oxygen atoms in total. The normalized spacial score (nSPS) is 10.2. The monoisotopic (exact) mass is 288 g/mol. The standard InChI is InChI=1S/C14H16N4O3/c1-3-8-15-13-12(18(19)20)14(17-9-16-13)21-11-7-5-4-6-10(11)2/h4-7,9H,3,8H2,1-2H3,(H,15,16,17). The van der Waals surface area contributed by atoms with Gasteiger partial charge >= 0.3 is 11.6 Å². The van der Waals surface area contributed by atoms with Crippen molar-refractivity contribution in [1.82, 2.24) is 9.97 Å². The predicted molar refractivity (Wildman–Crippen MR) is 78.7 cm³/mol. The minimum Gasteiger partial charge on any atom is -0.433 e. The summed E-state index contributed by atoms with van der Waals surface area (Å²) in [7, 11) is 0. The number of nitrogens with zero attached hydrogens (tertiary/aromatic N) is 3. The molecule has 21 heavy (non-hydrogen) atoms. The van der Waals surface area contributed by atoms with E-state index in [-0.39, 0.29) is 17.4 Å². The summed E-state index contributed by atoms with van der Waals surface area (Å²) in [6.45, 7) is 4.41. The number of aromatic nitrogens is 2. The Balaban J connectivity index is 2.39. The fourth-order valence-electron chi connectivity index (χ4n) is 1.75. The van der Waals surface area contributed by atoms with E-state index in [0.29, 0.717) is 12.3 Å². The van der Waals surface area contributed by atoms with Crippen molar-refractivity contribution in [3.05, 3.63) is 46.3 Å². The van der Waals surface area contributed by atoms with Crippen molar-refractivity contribution in [3.63, 3.8) is 0 Å². The van der Waals surface area contributed by atoms with Crippen LogP contribution in [0, 0.1) is 17.0 Å². The summed E-state index contributed by atoms with van der Waals surface area (Å²) in [5, 5.41) is 14.2. The van der Waals surface area contributed by atoms with E-state index in [0.717, 1.165) is 12.0 Å². The molecular weight excluding hydrogens is 272 g/mol. The Morgan fingerprint density at radius 2 is 2.10 bits per heavy atom. The minimum atomic E-state index is -0.536. The molecule has 0 atom stereocenters. The predicted octanol–water partition coefficient (Wildman–Crippen LogP) is 3.31. The van der Waals surface area contributed by atoms with E-state index in [1.54, 1.807) is 12.1 Å². The number of nitrogens with one attached hydrogen (secondary N) is 1. The van der Waals surface area contributed by atoms with Gasteiger partial charge in [0.2, 0.25) is 5.82 Å². The summed E-state index contributed by atoms with van der Waals surface area (Å²) in [5.74, 6) is 0.629. The average molecular weight is 288 g/mol. The van der Waals surface area contributed by atoms with Crippen LogP contribution in [0.4, 0.5) is 11.5 Å². The highest BCUT2D eigenvalue weighted by molar-refractivity contribution is 5.61. The number of para-hydroxylation sites is 1. The van der Waals surface area contributed by atoms with Gasteiger partial charge in [-0.05, 0) is 25.0 Å². The zero-order valence-electron chi connectivity index (χ0n) is 11.9. The Morgan fingerprint density at radius 1 is 1.33 bits per heavy atom. The van der Waals surface area contributed by atoms with Crippen molar-refractivity contribution in [2.45, 2.75) is 20.3 Å². The number of nitro groups is 1. The van der Waals surface area contributed by atoms with E-state index in [1.807, 2.05) is 26.0 Å². The van der Waals surface area contributed by atoms with E-state index in [1.165, 1.54) is 6.33 Å². The number of hydrogen-bond acceptors (Lipinski definition) is 6. The van der Waals surface area contributed by atoms with Crippen LogP contribution in [0.3, 0.4) is 0 Å². The highest BCUT2D eigenvalue weighted by atomic mass is 16.6. The highest BCUT2D eigenvalue weighted by Crippen LogP contribution is 2.34. The molecule has 0 spiro atoms. The second kappa shape index (κ2) is 6.65. The average Bonchev–Trinajstić information content (AvgIpc) is 2.47. The number of hydrogen-bond donors (Lipinski definition) is 1. The van der Waals surface area contributed by atoms with Crippen molar-refractivity contribution in [2.24, 2.45) is 0 Å². The van der Waals surface area contributed by atoms with Crippen molar-refractivity contribution >= 4 is 11.5 Å². The zero-order chi connectivity index (χ0) is 15.2. The number of aryl methyl sites for hydroxylation is 1. The smallest absolute Gasteiger partial charge is 0.373 e. The second-order valence-corrected chi connectivity index (χ2v) is 4.43. The van der Waals surface area contributed by atoms with Crippen LogP contribution in [0.5, 0.6) is 11.6 Å². The van der Waals surface area contributed by atoms with E-state index >= 15 is 0 Å². The third-order valence-electron chi connectivity index (χ3n) is 2.81. The Bertz CT molecular complexity index is 646. The molecule has 0 bridgehead atoms. The van der Waals surface area contributed by atoms with E-state index in [4.69, 9.17) is 4.74 Å². The van der Waals surface area contributed by atoms with E-state index in [9.17, 15) is 10.1 Å². The molecule has 2 aromatic rings. The van der Waals surface area contributed by atoms with Crippen LogP contribution in [0.15, 0.2) is 30.6 Å². The summed E-state index contributed by atoms with van der Waals surface area (Å²) < 4.78 is 5.59. The molecule has 1 aromatic carbocycles. The van der Waals surface area contributed by atoms with Crippen LogP contribution in [-0.4, -0.2) is 21.4 Å². The van der Waals surface area contributed by atoms with Gasteiger partial charge in [-0.25, -0.2) is 4.98 Å². The molecule has 0 aliphatic heterocycles. The van der Waals surface area contributed by atoms with Crippen molar-refractivity contribution < 1.29 is 9.66 Å². The number of benzene rings is 1. The molecule has 0 radical (unpaired) electrons. The SMILES string of the molecule is CCCNc1ncnc(Oc2ccccc2C)c1[N+](=O)[O-]. The fraction of sp³-hybridized carbons (Fsp3) is 0.286. The number of anilines is 1. The zero-order valence-corrected chi connectivity index (χ0v) is 11.9. The first-order valence-corrected chi connectivity index (χ1v) is 6.60. The quantitative estimate of drug-likeness (QED) is 0.647. The maximum Gasteiger partial charge on any atom is 0.373 e. The molecule has 0 amide bonds. The number of rotatable bonds is 6. The Kier molecular flexibility index (Phi) is 4.65. The van der Waals surface area contributed by atoms with Gasteiger partial charge in [0.15, 0.2) is 0 Å². The summed E-state index contributed by atoms with van der Waals surface area (Å²) >= 11 is 0. The van der Waals surface area contributed by atoms with Gasteiger partial charge in [0.1, 0.15) is 12.1 Å². The van der Waals surface area contributed by atoms with Gasteiger partial charge in [0.25, 0.3) is 0 Å². The van der Waals surface area contributed by atoms with Crippen LogP contribution in [0.25, 0.3) is 0 Å². The maximum absolute atomic E-state index is 11.3. The minimum absolute atomic E-state index is 0.0668. The lowest BCUT2D eigenvalue weighted by molar-refractivity contribution is -0.385. The van der Waals surface area contributed by atoms with Crippen molar-refractivity contribution in [3.8, 4) is 11.6 Å². The van der Waals surface area contributed by atoms with Gasteiger partial charge in [0, 0.05) is 6.54 Å². The Morgan fingerprint density at radius 3 is 2.76 bits per heavy atom. The lowest BCUT2D eigenvalue weighted by Gasteiger charge is -2.10. The lowest BCUT2D eigenvalue weighted by atomic mass is 10.2. The van der Waals surface area contributed by atoms with Gasteiger partial charge in [-0.3, -0.25) is 10.1 Å². The molecule has 1 N–H and O–H groups in total. The molecule has 0 saturated carbocycles. The van der Waals surface area contributed by atoms with Gasteiger partial charge in [-0.15, -0.1) is 0 Å². The Labute approximate surface area is 122 Å². The fourth-order valence-corrected chi connectivity index (χ4v) is 1.75. The first kappa shape index (κ1) is 14.7. The molecule has 0 aliphatic rings. The Hall–Kier alpha value is -2.70. The third kappa shape index (κ3) is 3.44. The van der Waals surface area contributed by atoms with Crippen LogP contribution in [0.1, 0.15) is 18.9 Å². The summed E-state index contributed by atoms with van der Waals surface area (Å²) in [6.07, 6.45) is 2.08. The highest BCUT2D eigenvalue weighted by Gasteiger charge is 2.25. The topological polar surface area (TPSA) is 90.2 Å². The molecule has 0 unspecified atom stereocenters. The first-order valence-electron chi connectivity index (χ1n) is 6.60. The van der Waals surface area contributed by atoms with Gasteiger partial charge in [-0.2, -0.15) is 4.98 Å². The number of ether oxygens (including phenoxy) is 1. The van der Waals surface area contributed by atoms with Crippen molar-refractivity contribution in [2.75, 3.05) is 11.9 Å². The first-order chi connectivity index (χ1) is 10.1. The van der Waals surface area contributed by atoms with Crippen LogP contribution in [0.2, 0.25) is 0 Å². The molecule has 1 aromatic heterocycles. The summed E-state index contributed by atoms with van der Waals surface area (Å²) in [6, 6.07) is 7.26. The molecular formula is C14H16N4O3. The van der Waals surface area contributed by atoms with E-state index in [2.05, 4.69) is 15.3 Å². The largest absolute Gasteiger partial charge is 0.433 e. The molecule has 7 heteroatoms. The molecule has 1 heterocycles. The van der Waals surface area contributed by atoms with Crippen LogP contribution < -0.4 is 10.1 Å². The lowest BCUT2D eigenvalue weighted by Crippen LogP contribution is -2.07. The second-order valence-electron chi connectivity index (χ2n) is 4.43. The van der Waals surface area contributed by atoms with Gasteiger partial charge < -0.3 is 10.1 Å². The van der Waals surface area contributed by atoms with Crippen LogP contribution >= 0.6 is 0 Å².